The molecule has 14 heteroatoms. The lowest BCUT2D eigenvalue weighted by molar-refractivity contribution is -0.173. The van der Waals surface area contributed by atoms with Gasteiger partial charge < -0.3 is 25.4 Å². The second kappa shape index (κ2) is 12.1. The van der Waals surface area contributed by atoms with E-state index in [9.17, 15) is 19.2 Å². The molecule has 1 fully saturated rings. The van der Waals surface area contributed by atoms with E-state index >= 15 is 0 Å². The average molecular weight is 562 g/mol. The number of fused-ring (bicyclic) bond motifs is 1. The number of ether oxygens (including phenoxy) is 2. The van der Waals surface area contributed by atoms with Gasteiger partial charge in [-0.3, -0.25) is 19.3 Å². The van der Waals surface area contributed by atoms with Crippen LogP contribution in [0.25, 0.3) is 0 Å². The fourth-order valence-electron chi connectivity index (χ4n) is 3.33. The van der Waals surface area contributed by atoms with E-state index in [1.165, 1.54) is 22.0 Å². The number of hydrogen-bond donors (Lipinski definition) is 2. The van der Waals surface area contributed by atoms with Crippen LogP contribution in [0.3, 0.4) is 0 Å². The van der Waals surface area contributed by atoms with Gasteiger partial charge in [0.1, 0.15) is 22.8 Å². The summed E-state index contributed by atoms with van der Waals surface area (Å²) in [7, 11) is 0. The highest BCUT2D eigenvalue weighted by molar-refractivity contribution is 8.00. The molecule has 3 N–H and O–H groups in total. The van der Waals surface area contributed by atoms with Crippen molar-refractivity contribution >= 4 is 57.7 Å². The maximum absolute atomic E-state index is 13.1. The fourth-order valence-corrected chi connectivity index (χ4v) is 5.19. The van der Waals surface area contributed by atoms with Crippen LogP contribution in [0.2, 0.25) is 0 Å². The van der Waals surface area contributed by atoms with Crippen LogP contribution in [0.4, 0.5) is 5.13 Å². The van der Waals surface area contributed by atoms with Gasteiger partial charge >= 0.3 is 11.9 Å². The van der Waals surface area contributed by atoms with Crippen molar-refractivity contribution in [1.82, 2.24) is 15.2 Å². The number of rotatable bonds is 9. The molecule has 12 nitrogen and oxygen atoms in total. The summed E-state index contributed by atoms with van der Waals surface area (Å²) in [5.74, 6) is -0.0284. The summed E-state index contributed by atoms with van der Waals surface area (Å²) < 4.78 is 10.2. The second-order valence-corrected chi connectivity index (χ2v) is 10.9. The van der Waals surface area contributed by atoms with E-state index in [4.69, 9.17) is 26.5 Å². The zero-order valence-corrected chi connectivity index (χ0v) is 22.8. The number of carbonyl (C=O) groups excluding carboxylic acids is 4. The van der Waals surface area contributed by atoms with Crippen LogP contribution in [0.5, 0.6) is 0 Å². The van der Waals surface area contributed by atoms with Gasteiger partial charge in [-0.15, -0.1) is 29.5 Å². The van der Waals surface area contributed by atoms with Crippen LogP contribution >= 0.6 is 23.1 Å². The third-order valence-corrected chi connectivity index (χ3v) is 7.10. The molecule has 1 aromatic heterocycles. The van der Waals surface area contributed by atoms with E-state index in [2.05, 4.69) is 21.4 Å². The number of nitrogen functional groups attached to an aromatic ring is 1. The van der Waals surface area contributed by atoms with E-state index in [1.54, 1.807) is 39.8 Å². The Balaban J connectivity index is 1.75. The number of aromatic nitrogens is 1. The number of allylic oxidation sites excluding steroid dienone is 2. The Bertz CT molecular complexity index is 1260. The van der Waals surface area contributed by atoms with Crippen molar-refractivity contribution in [2.45, 2.75) is 39.1 Å². The molecule has 0 spiro atoms. The number of thiazole rings is 1. The number of anilines is 1. The Morgan fingerprint density at radius 1 is 1.37 bits per heavy atom. The number of amides is 2. The van der Waals surface area contributed by atoms with E-state index < -0.39 is 47.4 Å². The predicted molar refractivity (Wildman–Crippen MR) is 141 cm³/mol. The second-order valence-electron chi connectivity index (χ2n) is 8.95. The summed E-state index contributed by atoms with van der Waals surface area (Å²) in [6, 6.07) is -0.963. The highest BCUT2D eigenvalue weighted by atomic mass is 32.2. The van der Waals surface area contributed by atoms with Gasteiger partial charge in [0.15, 0.2) is 17.5 Å². The number of nitrogens with one attached hydrogen (secondary N) is 1. The van der Waals surface area contributed by atoms with Crippen LogP contribution in [-0.2, 0) is 33.5 Å². The average Bonchev–Trinajstić information content (AvgIpc) is 3.29. The highest BCUT2D eigenvalue weighted by Gasteiger charge is 2.54. The number of nitrogens with two attached hydrogens (primary N) is 1. The van der Waals surface area contributed by atoms with Crippen LogP contribution < -0.4 is 11.1 Å². The summed E-state index contributed by atoms with van der Waals surface area (Å²) >= 11 is 2.46. The number of thioether (sulfide) groups is 1. The molecule has 3 rings (SSSR count). The number of oxime groups is 1. The SMILES string of the molecule is C#CCO/N=C(\C(=O)N[C@@H]1C(=O)N2C(C(=O)OCOC(=O)C(C)(C)C)=C(/C=C\C)CS[C@H]12)c1csc(N)n1. The molecule has 0 aromatic carbocycles. The third kappa shape index (κ3) is 6.35. The van der Waals surface area contributed by atoms with Gasteiger partial charge in [-0.25, -0.2) is 9.78 Å². The Labute approximate surface area is 227 Å². The Morgan fingerprint density at radius 2 is 2.11 bits per heavy atom. The summed E-state index contributed by atoms with van der Waals surface area (Å²) in [5.41, 5.74) is 5.44. The number of terminal acetylenes is 1. The number of nitrogens with zero attached hydrogens (tertiary/aromatic N) is 3. The van der Waals surface area contributed by atoms with E-state index in [0.717, 1.165) is 11.3 Å². The van der Waals surface area contributed by atoms with Crippen LogP contribution in [0.1, 0.15) is 33.4 Å². The van der Waals surface area contributed by atoms with Crippen LogP contribution in [0.15, 0.2) is 34.0 Å². The topological polar surface area (TPSA) is 163 Å². The molecule has 202 valence electrons. The zero-order valence-electron chi connectivity index (χ0n) is 21.2. The minimum absolute atomic E-state index is 0.0210. The summed E-state index contributed by atoms with van der Waals surface area (Å²) in [6.07, 6.45) is 8.59. The largest absolute Gasteiger partial charge is 0.427 e. The molecule has 0 unspecified atom stereocenters. The molecule has 1 saturated heterocycles. The lowest BCUT2D eigenvalue weighted by Crippen LogP contribution is -2.71. The van der Waals surface area contributed by atoms with Gasteiger partial charge in [-0.2, -0.15) is 0 Å². The smallest absolute Gasteiger partial charge is 0.358 e. The fraction of sp³-hybridized carbons (Fsp3) is 0.417. The van der Waals surface area contributed by atoms with Crippen molar-refractivity contribution < 1.29 is 33.5 Å². The first-order chi connectivity index (χ1) is 18.0. The molecular formula is C24H27N5O7S2. The van der Waals surface area contributed by atoms with E-state index in [-0.39, 0.29) is 28.8 Å². The van der Waals surface area contributed by atoms with Crippen molar-refractivity contribution in [3.8, 4) is 12.3 Å². The van der Waals surface area contributed by atoms with Gasteiger partial charge in [0.25, 0.3) is 11.8 Å². The summed E-state index contributed by atoms with van der Waals surface area (Å²) in [6.45, 7) is 5.99. The van der Waals surface area contributed by atoms with Crippen molar-refractivity contribution in [3.63, 3.8) is 0 Å². The quantitative estimate of drug-likeness (QED) is 0.0857. The minimum Gasteiger partial charge on any atom is -0.427 e. The first kappa shape index (κ1) is 28.7. The molecule has 1 aromatic rings. The standard InChI is InChI=1S/C24H27N5O7S2/c1-6-8-13-10-37-20-16(27-18(30)15(28-36-9-7-2)14-11-38-23(25)26-14)19(31)29(20)17(13)21(32)34-12-35-22(33)24(3,4)5/h2,6,8,11,16,20H,9-10,12H2,1,3-5H3,(H2,25,26)(H,27,30)/b8-6-,28-15-/t16-,20-/m1/s1. The third-order valence-electron chi connectivity index (χ3n) is 5.12. The highest BCUT2D eigenvalue weighted by Crippen LogP contribution is 2.41. The molecule has 0 bridgehead atoms. The molecular weight excluding hydrogens is 534 g/mol. The maximum atomic E-state index is 13.1. The lowest BCUT2D eigenvalue weighted by atomic mass is 9.98. The minimum atomic E-state index is -0.963. The Morgan fingerprint density at radius 3 is 2.71 bits per heavy atom. The normalized spacial score (nSPS) is 19.4. The lowest BCUT2D eigenvalue weighted by Gasteiger charge is -2.49. The monoisotopic (exact) mass is 561 g/mol. The Kier molecular flexibility index (Phi) is 9.18. The van der Waals surface area contributed by atoms with Crippen molar-refractivity contribution in [2.75, 3.05) is 24.9 Å². The van der Waals surface area contributed by atoms with Gasteiger partial charge in [-0.05, 0) is 33.3 Å². The molecule has 0 radical (unpaired) electrons. The van der Waals surface area contributed by atoms with Crippen LogP contribution in [-0.4, -0.2) is 69.9 Å². The summed E-state index contributed by atoms with van der Waals surface area (Å²) in [5, 5.41) is 7.54. The molecule has 0 aliphatic carbocycles. The van der Waals surface area contributed by atoms with Gasteiger partial charge in [0.05, 0.1) is 5.41 Å². The molecule has 3 heterocycles. The first-order valence-corrected chi connectivity index (χ1v) is 13.2. The first-order valence-electron chi connectivity index (χ1n) is 11.3. The summed E-state index contributed by atoms with van der Waals surface area (Å²) in [4.78, 5) is 61.4. The van der Waals surface area contributed by atoms with Crippen molar-refractivity contribution in [2.24, 2.45) is 10.6 Å². The van der Waals surface area contributed by atoms with Crippen molar-refractivity contribution in [1.29, 1.82) is 0 Å². The zero-order chi connectivity index (χ0) is 28.0. The van der Waals surface area contributed by atoms with E-state index in [1.807, 2.05) is 0 Å². The van der Waals surface area contributed by atoms with Crippen molar-refractivity contribution in [3.05, 3.63) is 34.5 Å². The number of hydrogen-bond acceptors (Lipinski definition) is 12. The molecule has 2 atom stereocenters. The number of carbonyl (C=O) groups is 4. The molecule has 2 aliphatic heterocycles. The predicted octanol–water partition coefficient (Wildman–Crippen LogP) is 1.40. The maximum Gasteiger partial charge on any atom is 0.358 e. The molecule has 2 amide bonds. The molecule has 2 aliphatic rings. The Hall–Kier alpha value is -3.83. The molecule has 38 heavy (non-hydrogen) atoms. The van der Waals surface area contributed by atoms with E-state index in [0.29, 0.717) is 11.3 Å². The van der Waals surface area contributed by atoms with Gasteiger partial charge in [0.2, 0.25) is 6.79 Å². The number of esters is 2. The van der Waals surface area contributed by atoms with Crippen LogP contribution in [0, 0.1) is 17.8 Å². The number of β-lactam (4-membered cyclic amide) rings is 1. The molecule has 0 saturated carbocycles. The van der Waals surface area contributed by atoms with Gasteiger partial charge in [-0.1, -0.05) is 23.2 Å². The van der Waals surface area contributed by atoms with Gasteiger partial charge in [0, 0.05) is 11.1 Å².